The first kappa shape index (κ1) is 50.5. The van der Waals surface area contributed by atoms with Crippen LogP contribution in [0.5, 0.6) is 5.75 Å². The molecule has 6 saturated heterocycles. The standard InChI is InChI=1S/C49H56F8N8O5S2/c1-25-12-27(58-42(67)38-36(18-48(52,53)54)71-44(60-38)62-21-46(2,22-62)69-4)15-33(50)40(25)65-31-10-11-32(65)14-26(13-31)20-70-47(3)23-63(24-47)45-61-39(37(72-45)19-49(55,56)57)43(68)59-28-16-34(51)41(35(66)17-28)64-29-6-5-7-30(64)9-8-29/h12,15-17,26,29-32,66H,5-11,13-14,18-24H2,1-4H3,(H,58,67)(H,59,68). The Morgan fingerprint density at radius 1 is 0.708 bits per heavy atom. The minimum Gasteiger partial charge on any atom is -0.506 e. The van der Waals surface area contributed by atoms with Gasteiger partial charge in [-0.05, 0) is 108 Å². The number of amides is 2. The minimum atomic E-state index is -4.64. The number of aromatic hydroxyl groups is 1. The van der Waals surface area contributed by atoms with Crippen LogP contribution in [0.1, 0.15) is 108 Å². The van der Waals surface area contributed by atoms with Crippen LogP contribution in [0.3, 0.4) is 0 Å². The van der Waals surface area contributed by atoms with Crippen LogP contribution >= 0.6 is 22.7 Å². The zero-order valence-electron chi connectivity index (χ0n) is 40.1. The van der Waals surface area contributed by atoms with Gasteiger partial charge >= 0.3 is 12.4 Å². The summed E-state index contributed by atoms with van der Waals surface area (Å²) in [6, 6.07) is 5.28. The molecule has 72 heavy (non-hydrogen) atoms. The third kappa shape index (κ3) is 10.1. The second-order valence-electron chi connectivity index (χ2n) is 21.0. The molecule has 4 unspecified atom stereocenters. The third-order valence-corrected chi connectivity index (χ3v) is 17.4. The van der Waals surface area contributed by atoms with Gasteiger partial charge in [-0.15, -0.1) is 22.7 Å². The maximum atomic E-state index is 16.2. The summed E-state index contributed by atoms with van der Waals surface area (Å²) in [6.45, 7) is 7.28. The largest absolute Gasteiger partial charge is 0.506 e. The summed E-state index contributed by atoms with van der Waals surface area (Å²) in [6.07, 6.45) is -4.32. The number of piperidine rings is 2. The second kappa shape index (κ2) is 18.7. The minimum absolute atomic E-state index is 0.00777. The van der Waals surface area contributed by atoms with Crippen molar-refractivity contribution in [3.05, 3.63) is 62.6 Å². The van der Waals surface area contributed by atoms with Crippen LogP contribution in [0.4, 0.5) is 68.1 Å². The predicted octanol–water partition coefficient (Wildman–Crippen LogP) is 10.4. The summed E-state index contributed by atoms with van der Waals surface area (Å²) >= 11 is 1.55. The number of phenolic OH excluding ortho intramolecular Hbond substituents is 1. The molecule has 2 amide bonds. The Bertz CT molecular complexity index is 2660. The van der Waals surface area contributed by atoms with Crippen LogP contribution < -0.4 is 30.2 Å². The number of hydrogen-bond donors (Lipinski definition) is 3. The topological polar surface area (TPSA) is 136 Å². The molecule has 3 N–H and O–H groups in total. The molecular formula is C49H56F8N8O5S2. The van der Waals surface area contributed by atoms with Crippen molar-refractivity contribution < 1.29 is 59.3 Å². The van der Waals surface area contributed by atoms with Gasteiger partial charge in [0, 0.05) is 58.5 Å². The van der Waals surface area contributed by atoms with Gasteiger partial charge in [0.2, 0.25) is 0 Å². The monoisotopic (exact) mass is 1050 g/mol. The number of nitrogens with one attached hydrogen (secondary N) is 2. The van der Waals surface area contributed by atoms with Crippen LogP contribution in [0, 0.1) is 24.5 Å². The summed E-state index contributed by atoms with van der Waals surface area (Å²) in [5, 5.41) is 16.5. The van der Waals surface area contributed by atoms with E-state index >= 15 is 8.78 Å². The van der Waals surface area contributed by atoms with Gasteiger partial charge in [-0.1, -0.05) is 0 Å². The summed E-state index contributed by atoms with van der Waals surface area (Å²) in [7, 11) is 1.55. The van der Waals surface area contributed by atoms with Crippen LogP contribution in [0.15, 0.2) is 24.3 Å². The highest BCUT2D eigenvalue weighted by atomic mass is 32.1. The summed E-state index contributed by atoms with van der Waals surface area (Å²) in [5.74, 6) is -3.36. The Hall–Kier alpha value is -5.00. The van der Waals surface area contributed by atoms with Gasteiger partial charge in [-0.25, -0.2) is 18.7 Å². The van der Waals surface area contributed by atoms with Crippen LogP contribution in [0.25, 0.3) is 0 Å². The number of phenols is 1. The van der Waals surface area contributed by atoms with Crippen LogP contribution in [0.2, 0.25) is 0 Å². The average Bonchev–Trinajstić information content (AvgIpc) is 3.98. The number of ether oxygens (including phenoxy) is 2. The lowest BCUT2D eigenvalue weighted by Crippen LogP contribution is -2.62. The molecule has 0 radical (unpaired) electrons. The van der Waals surface area contributed by atoms with Crippen molar-refractivity contribution in [3.8, 4) is 5.75 Å². The van der Waals surface area contributed by atoms with Gasteiger partial charge in [0.1, 0.15) is 34.2 Å². The second-order valence-corrected chi connectivity index (χ2v) is 23.1. The van der Waals surface area contributed by atoms with Crippen molar-refractivity contribution in [1.82, 2.24) is 9.97 Å². The van der Waals surface area contributed by atoms with Crippen molar-refractivity contribution in [2.45, 2.75) is 139 Å². The fraction of sp³-hybridized carbons (Fsp3) is 0.592. The van der Waals surface area contributed by atoms with Gasteiger partial charge in [0.15, 0.2) is 16.1 Å². The summed E-state index contributed by atoms with van der Waals surface area (Å²) in [4.78, 5) is 42.6. The molecule has 6 fully saturated rings. The number of carbonyl (C=O) groups excluding carboxylic acids is 2. The normalized spacial score (nSPS) is 24.4. The number of aryl methyl sites for hydroxylation is 1. The van der Waals surface area contributed by atoms with Gasteiger partial charge in [0.05, 0.1) is 56.9 Å². The number of halogens is 8. The maximum absolute atomic E-state index is 16.2. The van der Waals surface area contributed by atoms with Crippen molar-refractivity contribution >= 4 is 67.5 Å². The quantitative estimate of drug-likeness (QED) is 0.104. The van der Waals surface area contributed by atoms with E-state index in [2.05, 4.69) is 25.5 Å². The third-order valence-electron chi connectivity index (χ3n) is 15.2. The number of anilines is 6. The summed E-state index contributed by atoms with van der Waals surface area (Å²) < 4.78 is 126. The first-order valence-electron chi connectivity index (χ1n) is 24.3. The highest BCUT2D eigenvalue weighted by molar-refractivity contribution is 7.16. The predicted molar refractivity (Wildman–Crippen MR) is 258 cm³/mol. The van der Waals surface area contributed by atoms with Crippen LogP contribution in [-0.2, 0) is 22.3 Å². The van der Waals surface area contributed by atoms with E-state index in [9.17, 15) is 41.0 Å². The smallest absolute Gasteiger partial charge is 0.393 e. The van der Waals surface area contributed by atoms with Gasteiger partial charge < -0.3 is 44.8 Å². The number of benzene rings is 2. The lowest BCUT2D eigenvalue weighted by atomic mass is 9.89. The summed E-state index contributed by atoms with van der Waals surface area (Å²) in [5.41, 5.74) is -0.937. The van der Waals surface area contributed by atoms with Crippen molar-refractivity contribution in [1.29, 1.82) is 0 Å². The van der Waals surface area contributed by atoms with Crippen LogP contribution in [-0.4, -0.2) is 115 Å². The number of fused-ring (bicyclic) bond motifs is 4. The molecule has 4 atom stereocenters. The molecule has 23 heteroatoms. The number of carbonyl (C=O) groups is 2. The fourth-order valence-electron chi connectivity index (χ4n) is 11.9. The van der Waals surface area contributed by atoms with E-state index in [0.29, 0.717) is 56.9 Å². The van der Waals surface area contributed by atoms with E-state index in [1.807, 2.05) is 18.7 Å². The molecule has 6 aliphatic rings. The van der Waals surface area contributed by atoms with E-state index in [4.69, 9.17) is 9.47 Å². The molecular weight excluding hydrogens is 997 g/mol. The average molecular weight is 1050 g/mol. The van der Waals surface area contributed by atoms with Gasteiger partial charge in [-0.2, -0.15) is 26.3 Å². The lowest BCUT2D eigenvalue weighted by molar-refractivity contribution is -0.127. The number of methoxy groups -OCH3 is 1. The number of thiazole rings is 2. The molecule has 8 heterocycles. The Labute approximate surface area is 418 Å². The Balaban J connectivity index is 0.752. The number of nitrogens with zero attached hydrogens (tertiary/aromatic N) is 6. The Morgan fingerprint density at radius 2 is 1.17 bits per heavy atom. The number of aromatic nitrogens is 2. The Kier molecular flexibility index (Phi) is 13.1. The molecule has 0 saturated carbocycles. The molecule has 2 aromatic carbocycles. The Morgan fingerprint density at radius 3 is 1.64 bits per heavy atom. The molecule has 2 aromatic heterocycles. The molecule has 13 nitrogen and oxygen atoms in total. The molecule has 6 aliphatic heterocycles. The van der Waals surface area contributed by atoms with Gasteiger partial charge in [-0.3, -0.25) is 9.59 Å². The van der Waals surface area contributed by atoms with Crippen molar-refractivity contribution in [2.75, 3.05) is 70.1 Å². The van der Waals surface area contributed by atoms with Crippen molar-refractivity contribution in [3.63, 3.8) is 0 Å². The lowest BCUT2D eigenvalue weighted by Gasteiger charge is -2.49. The molecule has 0 aliphatic carbocycles. The molecule has 390 valence electrons. The highest BCUT2D eigenvalue weighted by Gasteiger charge is 2.47. The fourth-order valence-corrected chi connectivity index (χ4v) is 14.1. The highest BCUT2D eigenvalue weighted by Crippen LogP contribution is 2.48. The van der Waals surface area contributed by atoms with E-state index in [-0.39, 0.29) is 78.6 Å². The van der Waals surface area contributed by atoms with E-state index < -0.39 is 65.5 Å². The zero-order valence-corrected chi connectivity index (χ0v) is 41.7. The molecule has 4 bridgehead atoms. The van der Waals surface area contributed by atoms with Gasteiger partial charge in [0.25, 0.3) is 11.8 Å². The van der Waals surface area contributed by atoms with E-state index in [1.165, 1.54) is 12.1 Å². The number of hydrogen-bond acceptors (Lipinski definition) is 13. The van der Waals surface area contributed by atoms with Crippen molar-refractivity contribution in [2.24, 2.45) is 5.92 Å². The zero-order chi connectivity index (χ0) is 51.2. The first-order chi connectivity index (χ1) is 33.9. The SMILES string of the molecule is COC1(C)CN(c2nc(C(=O)Nc3cc(C)c(N4C5CCC4CC(COC4(C)CN(c6nc(C(=O)Nc7cc(O)c(N8C9CCCC8CC9)c(F)c7)c(CC(F)(F)F)s6)C4)C5)c(F)c3)c(CC(F)(F)F)s2)C1. The number of rotatable bonds is 14. The first-order valence-corrected chi connectivity index (χ1v) is 25.9. The van der Waals surface area contributed by atoms with E-state index in [1.54, 1.807) is 29.9 Å². The maximum Gasteiger partial charge on any atom is 0.393 e. The number of alkyl halides is 6. The molecule has 10 rings (SSSR count). The van der Waals surface area contributed by atoms with E-state index in [0.717, 1.165) is 73.7 Å². The molecule has 0 spiro atoms. The molecule has 4 aromatic rings.